The van der Waals surface area contributed by atoms with Crippen LogP contribution in [0.3, 0.4) is 0 Å². The van der Waals surface area contributed by atoms with Gasteiger partial charge < -0.3 is 10.2 Å². The smallest absolute Gasteiger partial charge is 0.0683 e. The summed E-state index contributed by atoms with van der Waals surface area (Å²) in [6.45, 7) is 4.77. The summed E-state index contributed by atoms with van der Waals surface area (Å²) in [4.78, 5) is 1.94. The van der Waals surface area contributed by atoms with E-state index in [1.807, 2.05) is 4.90 Å². The molecule has 0 amide bonds. The highest BCUT2D eigenvalue weighted by Crippen LogP contribution is 2.18. The summed E-state index contributed by atoms with van der Waals surface area (Å²) in [5.41, 5.74) is 0. The van der Waals surface area contributed by atoms with Crippen molar-refractivity contribution in [2.45, 2.75) is 18.6 Å². The third kappa shape index (κ3) is 2.45. The Morgan fingerprint density at radius 2 is 2.33 bits per heavy atom. The summed E-state index contributed by atoms with van der Waals surface area (Å²) < 4.78 is 0. The summed E-state index contributed by atoms with van der Waals surface area (Å²) in [5.74, 6) is 0. The van der Waals surface area contributed by atoms with Gasteiger partial charge in [0.1, 0.15) is 0 Å². The minimum absolute atomic E-state index is 0.0375. The molecular formula is C8H14ClNO2. The van der Waals surface area contributed by atoms with Crippen LogP contribution < -0.4 is 0 Å². The third-order valence-corrected chi connectivity index (χ3v) is 2.21. The van der Waals surface area contributed by atoms with Gasteiger partial charge in [-0.05, 0) is 6.42 Å². The van der Waals surface area contributed by atoms with E-state index in [1.165, 1.54) is 0 Å². The van der Waals surface area contributed by atoms with Gasteiger partial charge in [0.25, 0.3) is 0 Å². The molecule has 1 fully saturated rings. The molecule has 0 saturated carbocycles. The normalized spacial score (nSPS) is 30.9. The Morgan fingerprint density at radius 1 is 1.67 bits per heavy atom. The van der Waals surface area contributed by atoms with Crippen molar-refractivity contribution in [2.75, 3.05) is 19.7 Å². The number of hydrogen-bond donors (Lipinski definition) is 2. The Labute approximate surface area is 77.2 Å². The largest absolute Gasteiger partial charge is 0.395 e. The van der Waals surface area contributed by atoms with Crippen LogP contribution in [0, 0.1) is 0 Å². The highest BCUT2D eigenvalue weighted by Gasteiger charge is 2.29. The van der Waals surface area contributed by atoms with Crippen LogP contribution in [0.15, 0.2) is 11.6 Å². The molecule has 0 aromatic rings. The topological polar surface area (TPSA) is 43.7 Å². The number of aliphatic hydroxyl groups excluding tert-OH is 2. The highest BCUT2D eigenvalue weighted by molar-refractivity contribution is 6.29. The molecule has 4 heteroatoms. The number of likely N-dealkylation sites (tertiary alicyclic amines) is 1. The molecule has 0 radical (unpaired) electrons. The van der Waals surface area contributed by atoms with Crippen molar-refractivity contribution in [1.82, 2.24) is 4.90 Å². The molecule has 12 heavy (non-hydrogen) atoms. The van der Waals surface area contributed by atoms with Crippen LogP contribution >= 0.6 is 11.6 Å². The minimum Gasteiger partial charge on any atom is -0.395 e. The molecule has 2 atom stereocenters. The quantitative estimate of drug-likeness (QED) is 0.669. The molecule has 1 aliphatic heterocycles. The monoisotopic (exact) mass is 191 g/mol. The maximum absolute atomic E-state index is 9.29. The van der Waals surface area contributed by atoms with Crippen molar-refractivity contribution < 1.29 is 10.2 Å². The van der Waals surface area contributed by atoms with Crippen molar-refractivity contribution in [3.8, 4) is 0 Å². The third-order valence-electron chi connectivity index (χ3n) is 2.09. The van der Waals surface area contributed by atoms with E-state index in [0.717, 1.165) is 0 Å². The minimum atomic E-state index is -0.335. The first-order chi connectivity index (χ1) is 5.63. The Kier molecular flexibility index (Phi) is 3.53. The lowest BCUT2D eigenvalue weighted by molar-refractivity contribution is 0.166. The maximum Gasteiger partial charge on any atom is 0.0683 e. The van der Waals surface area contributed by atoms with Gasteiger partial charge in [-0.15, -0.1) is 0 Å². The van der Waals surface area contributed by atoms with Gasteiger partial charge in [0.2, 0.25) is 0 Å². The van der Waals surface area contributed by atoms with E-state index in [9.17, 15) is 5.11 Å². The fourth-order valence-electron chi connectivity index (χ4n) is 1.56. The summed E-state index contributed by atoms with van der Waals surface area (Å²) in [6.07, 6.45) is 0.291. The molecule has 0 spiro atoms. The van der Waals surface area contributed by atoms with Gasteiger partial charge in [-0.1, -0.05) is 18.2 Å². The first-order valence-electron chi connectivity index (χ1n) is 3.99. The summed E-state index contributed by atoms with van der Waals surface area (Å²) in [5, 5.41) is 18.8. The van der Waals surface area contributed by atoms with Crippen LogP contribution in [-0.2, 0) is 0 Å². The lowest BCUT2D eigenvalue weighted by Crippen LogP contribution is -2.33. The van der Waals surface area contributed by atoms with Crippen LogP contribution in [0.4, 0.5) is 0 Å². The first kappa shape index (κ1) is 9.99. The van der Waals surface area contributed by atoms with Crippen LogP contribution in [0.5, 0.6) is 0 Å². The second-order valence-corrected chi connectivity index (χ2v) is 3.71. The fraction of sp³-hybridized carbons (Fsp3) is 0.750. The van der Waals surface area contributed by atoms with Gasteiger partial charge in [0, 0.05) is 24.2 Å². The predicted molar refractivity (Wildman–Crippen MR) is 48.1 cm³/mol. The number of nitrogens with zero attached hydrogens (tertiary/aromatic N) is 1. The molecule has 0 bridgehead atoms. The van der Waals surface area contributed by atoms with Gasteiger partial charge in [0.05, 0.1) is 12.7 Å². The van der Waals surface area contributed by atoms with Gasteiger partial charge in [-0.25, -0.2) is 0 Å². The zero-order chi connectivity index (χ0) is 9.14. The molecule has 0 aliphatic carbocycles. The van der Waals surface area contributed by atoms with Crippen molar-refractivity contribution >= 4 is 11.6 Å². The molecule has 1 aliphatic rings. The summed E-state index contributed by atoms with van der Waals surface area (Å²) >= 11 is 5.63. The highest BCUT2D eigenvalue weighted by atomic mass is 35.5. The zero-order valence-electron chi connectivity index (χ0n) is 6.91. The predicted octanol–water partition coefficient (Wildman–Crippen LogP) is 0.166. The van der Waals surface area contributed by atoms with Crippen molar-refractivity contribution in [2.24, 2.45) is 0 Å². The van der Waals surface area contributed by atoms with Crippen molar-refractivity contribution in [1.29, 1.82) is 0 Å². The maximum atomic E-state index is 9.29. The molecular weight excluding hydrogens is 178 g/mol. The van der Waals surface area contributed by atoms with Gasteiger partial charge in [0.15, 0.2) is 0 Å². The number of β-amino-alcohol motifs (C(OH)–C–C–N with tert-alkyl or cyclic N) is 1. The fourth-order valence-corrected chi connectivity index (χ4v) is 1.71. The molecule has 70 valence electrons. The second-order valence-electron chi connectivity index (χ2n) is 3.17. The Morgan fingerprint density at radius 3 is 2.83 bits per heavy atom. The molecule has 2 unspecified atom stereocenters. The number of hydrogen-bond acceptors (Lipinski definition) is 3. The molecule has 0 aromatic carbocycles. The zero-order valence-corrected chi connectivity index (χ0v) is 7.67. The SMILES string of the molecule is C=C(Cl)CN1CC(O)CC1CO. The summed E-state index contributed by atoms with van der Waals surface area (Å²) in [7, 11) is 0. The molecule has 1 saturated heterocycles. The van der Waals surface area contributed by atoms with Crippen molar-refractivity contribution in [3.63, 3.8) is 0 Å². The molecule has 1 rings (SSSR count). The van der Waals surface area contributed by atoms with Gasteiger partial charge in [-0.3, -0.25) is 4.90 Å². The van der Waals surface area contributed by atoms with Crippen LogP contribution in [-0.4, -0.2) is 47.0 Å². The van der Waals surface area contributed by atoms with E-state index < -0.39 is 0 Å². The van der Waals surface area contributed by atoms with Gasteiger partial charge in [-0.2, -0.15) is 0 Å². The first-order valence-corrected chi connectivity index (χ1v) is 4.37. The molecule has 1 heterocycles. The van der Waals surface area contributed by atoms with Crippen LogP contribution in [0.25, 0.3) is 0 Å². The van der Waals surface area contributed by atoms with Crippen LogP contribution in [0.2, 0.25) is 0 Å². The number of halogens is 1. The van der Waals surface area contributed by atoms with E-state index >= 15 is 0 Å². The lowest BCUT2D eigenvalue weighted by atomic mass is 10.2. The Hall–Kier alpha value is -0.0900. The summed E-state index contributed by atoms with van der Waals surface area (Å²) in [6, 6.07) is 0.0375. The van der Waals surface area contributed by atoms with E-state index in [4.69, 9.17) is 16.7 Å². The molecule has 3 nitrogen and oxygen atoms in total. The van der Waals surface area contributed by atoms with Crippen molar-refractivity contribution in [3.05, 3.63) is 11.6 Å². The molecule has 2 N–H and O–H groups in total. The Bertz CT molecular complexity index is 174. The number of rotatable bonds is 3. The Balaban J connectivity index is 2.46. The van der Waals surface area contributed by atoms with E-state index in [0.29, 0.717) is 24.5 Å². The van der Waals surface area contributed by atoms with E-state index in [-0.39, 0.29) is 18.8 Å². The van der Waals surface area contributed by atoms with E-state index in [2.05, 4.69) is 6.58 Å². The second kappa shape index (κ2) is 4.23. The lowest BCUT2D eigenvalue weighted by Gasteiger charge is -2.21. The standard InChI is InChI=1S/C8H14ClNO2/c1-6(9)3-10-4-8(12)2-7(10)5-11/h7-8,11-12H,1-5H2. The number of aliphatic hydroxyl groups is 2. The van der Waals surface area contributed by atoms with Crippen LogP contribution in [0.1, 0.15) is 6.42 Å². The average molecular weight is 192 g/mol. The van der Waals surface area contributed by atoms with E-state index in [1.54, 1.807) is 0 Å². The average Bonchev–Trinajstić information content (AvgIpc) is 2.29. The van der Waals surface area contributed by atoms with Gasteiger partial charge >= 0.3 is 0 Å². The molecule has 0 aromatic heterocycles.